The van der Waals surface area contributed by atoms with E-state index < -0.39 is 5.54 Å². The van der Waals surface area contributed by atoms with Crippen LogP contribution in [0.2, 0.25) is 0 Å². The predicted octanol–water partition coefficient (Wildman–Crippen LogP) is 2.06. The Bertz CT molecular complexity index is 411. The molecule has 4 heteroatoms. The number of carbonyl (C=O) groups is 1. The van der Waals surface area contributed by atoms with Gasteiger partial charge in [0.25, 0.3) is 0 Å². The Kier molecular flexibility index (Phi) is 3.54. The third kappa shape index (κ3) is 2.69. The van der Waals surface area contributed by atoms with Gasteiger partial charge in [-0.25, -0.2) is 0 Å². The third-order valence-electron chi connectivity index (χ3n) is 3.23. The molecule has 1 unspecified atom stereocenters. The Morgan fingerprint density at radius 1 is 1.65 bits per heavy atom. The zero-order valence-corrected chi connectivity index (χ0v) is 11.1. The van der Waals surface area contributed by atoms with Crippen LogP contribution in [0.3, 0.4) is 0 Å². The van der Waals surface area contributed by atoms with Crippen LogP contribution in [0.5, 0.6) is 0 Å². The second-order valence-electron chi connectivity index (χ2n) is 5.28. The van der Waals surface area contributed by atoms with E-state index in [2.05, 4.69) is 16.8 Å². The summed E-state index contributed by atoms with van der Waals surface area (Å²) in [5.41, 5.74) is 0.651. The quantitative estimate of drug-likeness (QED) is 0.866. The lowest BCUT2D eigenvalue weighted by Gasteiger charge is -2.28. The molecule has 1 heterocycles. The Morgan fingerprint density at radius 2 is 2.41 bits per heavy atom. The summed E-state index contributed by atoms with van der Waals surface area (Å²) in [5.74, 6) is 0.0132. The normalized spacial score (nSPS) is 19.8. The average Bonchev–Trinajstić information content (AvgIpc) is 2.76. The molecule has 2 rings (SSSR count). The monoisotopic (exact) mass is 253 g/mol. The first-order valence-corrected chi connectivity index (χ1v) is 6.90. The highest BCUT2D eigenvalue weighted by atomic mass is 32.1. The number of amides is 1. The number of aliphatic hydroxyl groups excluding tert-OH is 1. The second kappa shape index (κ2) is 4.78. The number of carbonyl (C=O) groups excluding carboxylic acids is 1. The van der Waals surface area contributed by atoms with Crippen molar-refractivity contribution in [2.75, 3.05) is 6.61 Å². The molecule has 0 aliphatic heterocycles. The molecule has 0 saturated carbocycles. The van der Waals surface area contributed by atoms with Crippen molar-refractivity contribution >= 4 is 17.2 Å². The molecular weight excluding hydrogens is 234 g/mol. The second-order valence-corrected chi connectivity index (χ2v) is 6.28. The summed E-state index contributed by atoms with van der Waals surface area (Å²) in [6.07, 6.45) is 3.09. The number of fused-ring (bicyclic) bond motifs is 1. The largest absolute Gasteiger partial charge is 0.394 e. The van der Waals surface area contributed by atoms with E-state index in [0.29, 0.717) is 0 Å². The third-order valence-corrected chi connectivity index (χ3v) is 4.22. The molecular formula is C13H19NO2S. The van der Waals surface area contributed by atoms with Crippen molar-refractivity contribution in [1.29, 1.82) is 0 Å². The van der Waals surface area contributed by atoms with Crippen LogP contribution in [0.15, 0.2) is 11.4 Å². The topological polar surface area (TPSA) is 49.3 Å². The van der Waals surface area contributed by atoms with Crippen LogP contribution in [0.25, 0.3) is 0 Å². The van der Waals surface area contributed by atoms with E-state index in [0.717, 1.165) is 19.3 Å². The van der Waals surface area contributed by atoms with Gasteiger partial charge in [-0.05, 0) is 50.1 Å². The van der Waals surface area contributed by atoms with Crippen molar-refractivity contribution in [2.24, 2.45) is 0 Å². The molecule has 0 fully saturated rings. The van der Waals surface area contributed by atoms with Crippen LogP contribution < -0.4 is 5.32 Å². The van der Waals surface area contributed by atoms with Gasteiger partial charge in [0.1, 0.15) is 0 Å². The maximum absolute atomic E-state index is 12.2. The molecule has 0 spiro atoms. The Morgan fingerprint density at radius 3 is 3.12 bits per heavy atom. The summed E-state index contributed by atoms with van der Waals surface area (Å²) in [6.45, 7) is 3.63. The maximum atomic E-state index is 12.2. The van der Waals surface area contributed by atoms with Gasteiger partial charge >= 0.3 is 0 Å². The van der Waals surface area contributed by atoms with E-state index in [1.165, 1.54) is 10.4 Å². The molecule has 94 valence electrons. The van der Waals surface area contributed by atoms with E-state index in [9.17, 15) is 9.90 Å². The van der Waals surface area contributed by atoms with Gasteiger partial charge in [0.15, 0.2) is 0 Å². The van der Waals surface area contributed by atoms with Gasteiger partial charge in [-0.2, -0.15) is 0 Å². The van der Waals surface area contributed by atoms with Crippen molar-refractivity contribution in [1.82, 2.24) is 5.32 Å². The SMILES string of the molecule is CC(C)(CO)NC(=O)C1CCCc2sccc21. The highest BCUT2D eigenvalue weighted by molar-refractivity contribution is 7.10. The number of thiophene rings is 1. The number of hydrogen-bond donors (Lipinski definition) is 2. The molecule has 3 nitrogen and oxygen atoms in total. The van der Waals surface area contributed by atoms with E-state index >= 15 is 0 Å². The highest BCUT2D eigenvalue weighted by Gasteiger charge is 2.30. The summed E-state index contributed by atoms with van der Waals surface area (Å²) in [4.78, 5) is 13.6. The van der Waals surface area contributed by atoms with Crippen LogP contribution in [-0.2, 0) is 11.2 Å². The number of nitrogens with one attached hydrogen (secondary N) is 1. The summed E-state index contributed by atoms with van der Waals surface area (Å²) < 4.78 is 0. The fourth-order valence-electron chi connectivity index (χ4n) is 2.22. The van der Waals surface area contributed by atoms with Gasteiger partial charge < -0.3 is 10.4 Å². The van der Waals surface area contributed by atoms with Crippen molar-refractivity contribution < 1.29 is 9.90 Å². The van der Waals surface area contributed by atoms with Crippen LogP contribution >= 0.6 is 11.3 Å². The average molecular weight is 253 g/mol. The summed E-state index contributed by atoms with van der Waals surface area (Å²) in [5, 5.41) is 14.2. The van der Waals surface area contributed by atoms with E-state index in [-0.39, 0.29) is 18.4 Å². The number of aliphatic hydroxyl groups is 1. The molecule has 1 aromatic heterocycles. The summed E-state index contributed by atoms with van der Waals surface area (Å²) in [6, 6.07) is 2.06. The lowest BCUT2D eigenvalue weighted by molar-refractivity contribution is -0.125. The minimum Gasteiger partial charge on any atom is -0.394 e. The van der Waals surface area contributed by atoms with Gasteiger partial charge in [-0.1, -0.05) is 0 Å². The molecule has 0 bridgehead atoms. The van der Waals surface area contributed by atoms with Gasteiger partial charge in [0, 0.05) is 4.88 Å². The van der Waals surface area contributed by atoms with Gasteiger partial charge in [0.05, 0.1) is 18.1 Å². The van der Waals surface area contributed by atoms with Gasteiger partial charge in [0.2, 0.25) is 5.91 Å². The Labute approximate surface area is 106 Å². The fourth-order valence-corrected chi connectivity index (χ4v) is 3.21. The summed E-state index contributed by atoms with van der Waals surface area (Å²) >= 11 is 1.74. The van der Waals surface area contributed by atoms with Crippen LogP contribution in [0, 0.1) is 0 Å². The minimum absolute atomic E-state index is 0.0316. The molecule has 1 amide bonds. The van der Waals surface area contributed by atoms with Crippen LogP contribution in [-0.4, -0.2) is 23.2 Å². The molecule has 1 atom stereocenters. The van der Waals surface area contributed by atoms with E-state index in [4.69, 9.17) is 0 Å². The van der Waals surface area contributed by atoms with E-state index in [1.54, 1.807) is 11.3 Å². The van der Waals surface area contributed by atoms with Gasteiger partial charge in [-0.15, -0.1) is 11.3 Å². The molecule has 1 aliphatic carbocycles. The lowest BCUT2D eigenvalue weighted by Crippen LogP contribution is -2.48. The first-order chi connectivity index (χ1) is 8.03. The highest BCUT2D eigenvalue weighted by Crippen LogP contribution is 2.35. The number of rotatable bonds is 3. The van der Waals surface area contributed by atoms with Crippen LogP contribution in [0.1, 0.15) is 43.0 Å². The molecule has 0 radical (unpaired) electrons. The van der Waals surface area contributed by atoms with Crippen molar-refractivity contribution in [2.45, 2.75) is 44.6 Å². The minimum atomic E-state index is -0.537. The smallest absolute Gasteiger partial charge is 0.228 e. The Balaban J connectivity index is 2.12. The molecule has 17 heavy (non-hydrogen) atoms. The first kappa shape index (κ1) is 12.6. The zero-order chi connectivity index (χ0) is 12.5. The molecule has 0 saturated heterocycles. The fraction of sp³-hybridized carbons (Fsp3) is 0.615. The predicted molar refractivity (Wildman–Crippen MR) is 69.3 cm³/mol. The number of aryl methyl sites for hydroxylation is 1. The number of hydrogen-bond acceptors (Lipinski definition) is 3. The molecule has 0 aromatic carbocycles. The first-order valence-electron chi connectivity index (χ1n) is 6.02. The van der Waals surface area contributed by atoms with Crippen LogP contribution in [0.4, 0.5) is 0 Å². The van der Waals surface area contributed by atoms with E-state index in [1.807, 2.05) is 13.8 Å². The molecule has 1 aromatic rings. The van der Waals surface area contributed by atoms with Gasteiger partial charge in [-0.3, -0.25) is 4.79 Å². The Hall–Kier alpha value is -0.870. The maximum Gasteiger partial charge on any atom is 0.228 e. The van der Waals surface area contributed by atoms with Crippen molar-refractivity contribution in [3.63, 3.8) is 0 Å². The standard InChI is InChI=1S/C13H19NO2S/c1-13(2,8-15)14-12(16)10-4-3-5-11-9(10)6-7-17-11/h6-7,10,15H,3-5,8H2,1-2H3,(H,14,16). The summed E-state index contributed by atoms with van der Waals surface area (Å²) in [7, 11) is 0. The molecule has 2 N–H and O–H groups in total. The molecule has 1 aliphatic rings. The lowest BCUT2D eigenvalue weighted by atomic mass is 9.86. The zero-order valence-electron chi connectivity index (χ0n) is 10.3. The van der Waals surface area contributed by atoms with Crippen molar-refractivity contribution in [3.8, 4) is 0 Å². The van der Waals surface area contributed by atoms with Crippen molar-refractivity contribution in [3.05, 3.63) is 21.9 Å².